The van der Waals surface area contributed by atoms with Crippen LogP contribution < -0.4 is 4.90 Å². The van der Waals surface area contributed by atoms with Crippen LogP contribution in [-0.2, 0) is 20.5 Å². The molecule has 0 saturated carbocycles. The van der Waals surface area contributed by atoms with Crippen molar-refractivity contribution in [1.82, 2.24) is 4.98 Å². The Hall–Kier alpha value is -3.69. The van der Waals surface area contributed by atoms with Crippen molar-refractivity contribution in [3.05, 3.63) is 64.5 Å². The number of esters is 1. The summed E-state index contributed by atoms with van der Waals surface area (Å²) in [4.78, 5) is 42.9. The third-order valence-electron chi connectivity index (χ3n) is 5.08. The molecule has 35 heavy (non-hydrogen) atoms. The van der Waals surface area contributed by atoms with Gasteiger partial charge in [0.25, 0.3) is 0 Å². The molecule has 4 rings (SSSR count). The molecule has 3 aromatic rings. The summed E-state index contributed by atoms with van der Waals surface area (Å²) >= 11 is 1.83. The maximum atomic E-state index is 13.7. The molecule has 0 unspecified atom stereocenters. The highest BCUT2D eigenvalue weighted by atomic mass is 32.2. The van der Waals surface area contributed by atoms with Crippen LogP contribution in [0, 0.1) is 11.3 Å². The SMILES string of the molecule is COC(=O)c1ccc(N2C(=O)C[C@@H](Sc3nc(-c4cccs4)cc(C(F)(F)F)c3C#N)C2=O)cc1. The molecule has 1 saturated heterocycles. The maximum Gasteiger partial charge on any atom is 0.417 e. The summed E-state index contributed by atoms with van der Waals surface area (Å²) in [5, 5.41) is 9.82. The van der Waals surface area contributed by atoms with Crippen molar-refractivity contribution in [2.45, 2.75) is 22.9 Å². The maximum absolute atomic E-state index is 13.7. The number of pyridine rings is 1. The topological polar surface area (TPSA) is 100 Å². The van der Waals surface area contributed by atoms with Crippen LogP contribution >= 0.6 is 23.1 Å². The van der Waals surface area contributed by atoms with E-state index in [2.05, 4.69) is 9.72 Å². The number of anilines is 1. The molecular formula is C23H14F3N3O4S2. The van der Waals surface area contributed by atoms with Gasteiger partial charge in [0.15, 0.2) is 0 Å². The zero-order valence-corrected chi connectivity index (χ0v) is 19.5. The molecule has 2 aromatic heterocycles. The molecule has 1 aliphatic heterocycles. The standard InChI is InChI=1S/C23H14F3N3O4S2/c1-33-22(32)12-4-6-13(7-5-12)29-19(30)10-18(21(29)31)35-20-14(11-27)15(23(24,25)26)9-16(28-20)17-3-2-8-34-17/h2-9,18H,10H2,1H3/t18-/m1/s1. The molecule has 0 bridgehead atoms. The number of amides is 2. The average molecular weight is 518 g/mol. The van der Waals surface area contributed by atoms with Crippen molar-refractivity contribution in [2.24, 2.45) is 0 Å². The Morgan fingerprint density at radius 2 is 1.97 bits per heavy atom. The van der Waals surface area contributed by atoms with E-state index in [0.717, 1.165) is 11.0 Å². The highest BCUT2D eigenvalue weighted by molar-refractivity contribution is 8.00. The zero-order chi connectivity index (χ0) is 25.3. The van der Waals surface area contributed by atoms with E-state index in [1.807, 2.05) is 0 Å². The van der Waals surface area contributed by atoms with E-state index in [4.69, 9.17) is 0 Å². The van der Waals surface area contributed by atoms with Crippen LogP contribution in [0.25, 0.3) is 10.6 Å². The molecule has 12 heteroatoms. The lowest BCUT2D eigenvalue weighted by Gasteiger charge is -2.17. The van der Waals surface area contributed by atoms with Gasteiger partial charge in [0.2, 0.25) is 11.8 Å². The van der Waals surface area contributed by atoms with Crippen molar-refractivity contribution in [3.8, 4) is 16.6 Å². The van der Waals surface area contributed by atoms with Gasteiger partial charge in [-0.3, -0.25) is 9.59 Å². The van der Waals surface area contributed by atoms with Crippen LogP contribution in [-0.4, -0.2) is 35.1 Å². The molecule has 0 aliphatic carbocycles. The largest absolute Gasteiger partial charge is 0.465 e. The predicted octanol–water partition coefficient (Wildman–Crippen LogP) is 4.91. The van der Waals surface area contributed by atoms with E-state index < -0.39 is 40.3 Å². The number of thiophene rings is 1. The normalized spacial score (nSPS) is 15.9. The van der Waals surface area contributed by atoms with Crippen molar-refractivity contribution < 1.29 is 32.3 Å². The highest BCUT2D eigenvalue weighted by Gasteiger charge is 2.42. The molecule has 1 aliphatic rings. The van der Waals surface area contributed by atoms with Gasteiger partial charge >= 0.3 is 12.1 Å². The van der Waals surface area contributed by atoms with Gasteiger partial charge < -0.3 is 4.74 Å². The van der Waals surface area contributed by atoms with E-state index in [0.29, 0.717) is 16.6 Å². The van der Waals surface area contributed by atoms with Gasteiger partial charge in [-0.2, -0.15) is 18.4 Å². The highest BCUT2D eigenvalue weighted by Crippen LogP contribution is 2.41. The number of rotatable bonds is 5. The Balaban J connectivity index is 1.68. The van der Waals surface area contributed by atoms with E-state index in [-0.39, 0.29) is 28.4 Å². The molecule has 2 amide bonds. The number of methoxy groups -OCH3 is 1. The quantitative estimate of drug-likeness (QED) is 0.350. The summed E-state index contributed by atoms with van der Waals surface area (Å²) in [6.45, 7) is 0. The van der Waals surface area contributed by atoms with Crippen molar-refractivity contribution in [2.75, 3.05) is 12.0 Å². The fourth-order valence-electron chi connectivity index (χ4n) is 3.46. The molecule has 1 atom stereocenters. The van der Waals surface area contributed by atoms with Gasteiger partial charge in [0, 0.05) is 6.42 Å². The third-order valence-corrected chi connectivity index (χ3v) is 7.15. The Morgan fingerprint density at radius 1 is 1.26 bits per heavy atom. The van der Waals surface area contributed by atoms with Crippen LogP contribution in [0.3, 0.4) is 0 Å². The molecule has 0 spiro atoms. The summed E-state index contributed by atoms with van der Waals surface area (Å²) in [7, 11) is 1.22. The van der Waals surface area contributed by atoms with Gasteiger partial charge in [-0.05, 0) is 41.8 Å². The minimum absolute atomic E-state index is 0.0147. The van der Waals surface area contributed by atoms with Gasteiger partial charge in [-0.15, -0.1) is 11.3 Å². The number of carbonyl (C=O) groups is 3. The molecule has 0 radical (unpaired) electrons. The molecule has 1 aromatic carbocycles. The van der Waals surface area contributed by atoms with Crippen LogP contribution in [0.4, 0.5) is 18.9 Å². The summed E-state index contributed by atoms with van der Waals surface area (Å²) < 4.78 is 45.8. The Kier molecular flexibility index (Phi) is 6.64. The molecular weight excluding hydrogens is 503 g/mol. The number of carbonyl (C=O) groups excluding carboxylic acids is 3. The zero-order valence-electron chi connectivity index (χ0n) is 17.8. The number of hydrogen-bond donors (Lipinski definition) is 0. The Labute approximate surface area is 205 Å². The summed E-state index contributed by atoms with van der Waals surface area (Å²) in [6, 6.07) is 11.2. The fraction of sp³-hybridized carbons (Fsp3) is 0.174. The fourth-order valence-corrected chi connectivity index (χ4v) is 5.27. The lowest BCUT2D eigenvalue weighted by molar-refractivity contribution is -0.138. The summed E-state index contributed by atoms with van der Waals surface area (Å²) in [5.74, 6) is -1.82. The number of aromatic nitrogens is 1. The molecule has 0 N–H and O–H groups in total. The van der Waals surface area contributed by atoms with E-state index in [9.17, 15) is 32.8 Å². The van der Waals surface area contributed by atoms with Gasteiger partial charge in [-0.1, -0.05) is 17.8 Å². The van der Waals surface area contributed by atoms with Crippen LogP contribution in [0.15, 0.2) is 52.9 Å². The lowest BCUT2D eigenvalue weighted by atomic mass is 10.1. The van der Waals surface area contributed by atoms with Gasteiger partial charge in [-0.25, -0.2) is 14.7 Å². The van der Waals surface area contributed by atoms with Gasteiger partial charge in [0.1, 0.15) is 11.1 Å². The van der Waals surface area contributed by atoms with Crippen molar-refractivity contribution in [3.63, 3.8) is 0 Å². The second-order valence-corrected chi connectivity index (χ2v) is 9.38. The average Bonchev–Trinajstić information content (AvgIpc) is 3.46. The van der Waals surface area contributed by atoms with Gasteiger partial charge in [0.05, 0.1) is 45.3 Å². The van der Waals surface area contributed by atoms with Crippen LogP contribution in [0.2, 0.25) is 0 Å². The first-order valence-corrected chi connectivity index (χ1v) is 11.7. The van der Waals surface area contributed by atoms with E-state index >= 15 is 0 Å². The predicted molar refractivity (Wildman–Crippen MR) is 122 cm³/mol. The first kappa shape index (κ1) is 24.4. The monoisotopic (exact) mass is 517 g/mol. The number of imide groups is 1. The second-order valence-electron chi connectivity index (χ2n) is 7.24. The first-order valence-electron chi connectivity index (χ1n) is 9.92. The lowest BCUT2D eigenvalue weighted by Crippen LogP contribution is -2.31. The number of nitrogens with zero attached hydrogens (tertiary/aromatic N) is 3. The Bertz CT molecular complexity index is 1350. The molecule has 178 valence electrons. The van der Waals surface area contributed by atoms with Crippen molar-refractivity contribution in [1.29, 1.82) is 5.26 Å². The first-order chi connectivity index (χ1) is 16.6. The van der Waals surface area contributed by atoms with E-state index in [1.165, 1.54) is 42.7 Å². The minimum atomic E-state index is -4.82. The van der Waals surface area contributed by atoms with E-state index in [1.54, 1.807) is 23.6 Å². The number of alkyl halides is 3. The Morgan fingerprint density at radius 3 is 2.54 bits per heavy atom. The van der Waals surface area contributed by atoms with Crippen LogP contribution in [0.5, 0.6) is 0 Å². The van der Waals surface area contributed by atoms with Crippen molar-refractivity contribution >= 4 is 46.6 Å². The number of thioether (sulfide) groups is 1. The smallest absolute Gasteiger partial charge is 0.417 e. The molecule has 7 nitrogen and oxygen atoms in total. The number of halogens is 3. The minimum Gasteiger partial charge on any atom is -0.465 e. The number of nitriles is 1. The molecule has 1 fully saturated rings. The number of hydrogen-bond acceptors (Lipinski definition) is 8. The summed E-state index contributed by atoms with van der Waals surface area (Å²) in [5.41, 5.74) is -1.43. The summed E-state index contributed by atoms with van der Waals surface area (Å²) in [6.07, 6.45) is -5.11. The molecule has 3 heterocycles. The third kappa shape index (κ3) is 4.78. The van der Waals surface area contributed by atoms with Crippen LogP contribution in [0.1, 0.15) is 27.9 Å². The number of benzene rings is 1. The second kappa shape index (κ2) is 9.52. The number of ether oxygens (including phenoxy) is 1.